The van der Waals surface area contributed by atoms with E-state index in [9.17, 15) is 9.59 Å². The van der Waals surface area contributed by atoms with Crippen molar-refractivity contribution in [3.05, 3.63) is 71.8 Å². The molecule has 0 radical (unpaired) electrons. The van der Waals surface area contributed by atoms with Crippen LogP contribution < -0.4 is 5.32 Å². The Morgan fingerprint density at radius 2 is 1.60 bits per heavy atom. The molecule has 2 rings (SSSR count). The van der Waals surface area contributed by atoms with E-state index in [0.29, 0.717) is 25.1 Å². The minimum atomic E-state index is -0.147. The number of nitrogens with zero attached hydrogens (tertiary/aromatic N) is 1. The molecule has 1 unspecified atom stereocenters. The summed E-state index contributed by atoms with van der Waals surface area (Å²) in [5, 5.41) is 2.82. The monoisotopic (exact) mass is 338 g/mol. The average Bonchev–Trinajstić information content (AvgIpc) is 2.66. The maximum absolute atomic E-state index is 12.6. The molecule has 0 aliphatic heterocycles. The van der Waals surface area contributed by atoms with Crippen molar-refractivity contribution < 1.29 is 9.59 Å². The van der Waals surface area contributed by atoms with E-state index in [-0.39, 0.29) is 17.9 Å². The Hall–Kier alpha value is -2.62. The summed E-state index contributed by atoms with van der Waals surface area (Å²) in [6.45, 7) is 5.08. The Labute approximate surface area is 149 Å². The number of hydrogen-bond donors (Lipinski definition) is 1. The molecule has 0 saturated heterocycles. The molecule has 2 amide bonds. The van der Waals surface area contributed by atoms with Gasteiger partial charge in [0.15, 0.2) is 0 Å². The number of carbonyl (C=O) groups is 2. The molecule has 1 N–H and O–H groups in total. The zero-order chi connectivity index (χ0) is 18.1. The molecule has 2 aromatic rings. The molecule has 0 aromatic heterocycles. The van der Waals surface area contributed by atoms with Crippen molar-refractivity contribution in [2.45, 2.75) is 39.3 Å². The summed E-state index contributed by atoms with van der Waals surface area (Å²) in [5.74, 6) is -0.0851. The maximum atomic E-state index is 12.6. The van der Waals surface area contributed by atoms with Crippen LogP contribution in [-0.4, -0.2) is 29.3 Å². The van der Waals surface area contributed by atoms with Crippen molar-refractivity contribution in [1.29, 1.82) is 0 Å². The van der Waals surface area contributed by atoms with Crippen molar-refractivity contribution in [3.8, 4) is 0 Å². The fraction of sp³-hybridized carbons (Fsp3) is 0.333. The smallest absolute Gasteiger partial charge is 0.251 e. The quantitative estimate of drug-likeness (QED) is 0.799. The molecule has 0 aliphatic carbocycles. The van der Waals surface area contributed by atoms with Crippen LogP contribution in [0.5, 0.6) is 0 Å². The van der Waals surface area contributed by atoms with Gasteiger partial charge in [0.25, 0.3) is 5.91 Å². The molecule has 4 heteroatoms. The van der Waals surface area contributed by atoms with Gasteiger partial charge in [0.1, 0.15) is 0 Å². The van der Waals surface area contributed by atoms with Gasteiger partial charge in [0.05, 0.1) is 0 Å². The van der Waals surface area contributed by atoms with Crippen molar-refractivity contribution in [3.63, 3.8) is 0 Å². The van der Waals surface area contributed by atoms with Gasteiger partial charge in [-0.15, -0.1) is 0 Å². The molecule has 132 valence electrons. The lowest BCUT2D eigenvalue weighted by atomic mass is 10.1. The summed E-state index contributed by atoms with van der Waals surface area (Å²) in [4.78, 5) is 26.6. The second-order valence-electron chi connectivity index (χ2n) is 6.14. The molecule has 1 atom stereocenters. The lowest BCUT2D eigenvalue weighted by molar-refractivity contribution is -0.133. The van der Waals surface area contributed by atoms with Crippen LogP contribution in [0.3, 0.4) is 0 Å². The van der Waals surface area contributed by atoms with Crippen molar-refractivity contribution in [2.24, 2.45) is 0 Å². The fourth-order valence-electron chi connectivity index (χ4n) is 2.61. The van der Waals surface area contributed by atoms with Gasteiger partial charge in [-0.2, -0.15) is 0 Å². The summed E-state index contributed by atoms with van der Waals surface area (Å²) < 4.78 is 0. The van der Waals surface area contributed by atoms with Gasteiger partial charge < -0.3 is 10.2 Å². The maximum Gasteiger partial charge on any atom is 0.251 e. The van der Waals surface area contributed by atoms with Crippen molar-refractivity contribution >= 4 is 11.8 Å². The van der Waals surface area contributed by atoms with E-state index in [1.54, 1.807) is 12.1 Å². The van der Waals surface area contributed by atoms with Crippen molar-refractivity contribution in [1.82, 2.24) is 10.2 Å². The summed E-state index contributed by atoms with van der Waals surface area (Å²) >= 11 is 0. The lowest BCUT2D eigenvalue weighted by Crippen LogP contribution is -2.39. The van der Waals surface area contributed by atoms with E-state index >= 15 is 0 Å². The number of rotatable bonds is 8. The molecular formula is C21H26N2O2. The van der Waals surface area contributed by atoms with E-state index in [0.717, 1.165) is 12.0 Å². The molecule has 25 heavy (non-hydrogen) atoms. The predicted octanol–water partition coefficient (Wildman–Crippen LogP) is 3.63. The Morgan fingerprint density at radius 1 is 1.00 bits per heavy atom. The number of nitrogens with one attached hydrogen (secondary N) is 1. The number of carbonyl (C=O) groups excluding carboxylic acids is 2. The number of hydrogen-bond acceptors (Lipinski definition) is 2. The predicted molar refractivity (Wildman–Crippen MR) is 100 cm³/mol. The van der Waals surface area contributed by atoms with Gasteiger partial charge in [-0.05, 0) is 31.0 Å². The van der Waals surface area contributed by atoms with E-state index in [1.807, 2.05) is 53.4 Å². The summed E-state index contributed by atoms with van der Waals surface area (Å²) in [5.41, 5.74) is 1.72. The second kappa shape index (κ2) is 9.62. The van der Waals surface area contributed by atoms with Crippen LogP contribution in [0.15, 0.2) is 60.7 Å². The van der Waals surface area contributed by atoms with Crippen LogP contribution in [0.2, 0.25) is 0 Å². The standard InChI is InChI=1S/C21H26N2O2/c1-3-17(2)23(16-18-10-6-4-7-11-18)20(24)14-15-22-21(25)19-12-8-5-9-13-19/h4-13,17H,3,14-16H2,1-2H3,(H,22,25). The molecule has 0 aliphatic rings. The first-order valence-electron chi connectivity index (χ1n) is 8.78. The highest BCUT2D eigenvalue weighted by atomic mass is 16.2. The summed E-state index contributed by atoms with van der Waals surface area (Å²) in [7, 11) is 0. The Morgan fingerprint density at radius 3 is 2.20 bits per heavy atom. The fourth-order valence-corrected chi connectivity index (χ4v) is 2.61. The molecule has 2 aromatic carbocycles. The van der Waals surface area contributed by atoms with Crippen LogP contribution in [0.25, 0.3) is 0 Å². The minimum Gasteiger partial charge on any atom is -0.352 e. The summed E-state index contributed by atoms with van der Waals surface area (Å²) in [6.07, 6.45) is 1.20. The van der Waals surface area contributed by atoms with Crippen LogP contribution >= 0.6 is 0 Å². The van der Waals surface area contributed by atoms with Crippen LogP contribution in [-0.2, 0) is 11.3 Å². The SMILES string of the molecule is CCC(C)N(Cc1ccccc1)C(=O)CCNC(=O)c1ccccc1. The molecule has 0 spiro atoms. The Balaban J connectivity index is 1.90. The first kappa shape index (κ1) is 18.7. The van der Waals surface area contributed by atoms with Gasteiger partial charge in [-0.1, -0.05) is 55.5 Å². The highest BCUT2D eigenvalue weighted by molar-refractivity contribution is 5.94. The zero-order valence-corrected chi connectivity index (χ0v) is 14.9. The van der Waals surface area contributed by atoms with Gasteiger partial charge in [0, 0.05) is 31.1 Å². The average molecular weight is 338 g/mol. The molecule has 0 bridgehead atoms. The van der Waals surface area contributed by atoms with Crippen LogP contribution in [0.4, 0.5) is 0 Å². The highest BCUT2D eigenvalue weighted by Crippen LogP contribution is 2.12. The third kappa shape index (κ3) is 5.75. The summed E-state index contributed by atoms with van der Waals surface area (Å²) in [6, 6.07) is 19.2. The van der Waals surface area contributed by atoms with Gasteiger partial charge in [-0.3, -0.25) is 9.59 Å². The van der Waals surface area contributed by atoms with Gasteiger partial charge in [0.2, 0.25) is 5.91 Å². The first-order chi connectivity index (χ1) is 12.1. The highest BCUT2D eigenvalue weighted by Gasteiger charge is 2.19. The number of amides is 2. The molecular weight excluding hydrogens is 312 g/mol. The zero-order valence-electron chi connectivity index (χ0n) is 14.9. The molecule has 0 fully saturated rings. The lowest BCUT2D eigenvalue weighted by Gasteiger charge is -2.29. The third-order valence-corrected chi connectivity index (χ3v) is 4.30. The van der Waals surface area contributed by atoms with Crippen LogP contribution in [0, 0.1) is 0 Å². The van der Waals surface area contributed by atoms with E-state index in [2.05, 4.69) is 19.2 Å². The van der Waals surface area contributed by atoms with E-state index in [4.69, 9.17) is 0 Å². The second-order valence-corrected chi connectivity index (χ2v) is 6.14. The first-order valence-corrected chi connectivity index (χ1v) is 8.78. The van der Waals surface area contributed by atoms with E-state index in [1.165, 1.54) is 0 Å². The van der Waals surface area contributed by atoms with Crippen LogP contribution in [0.1, 0.15) is 42.6 Å². The molecule has 0 heterocycles. The van der Waals surface area contributed by atoms with E-state index < -0.39 is 0 Å². The van der Waals surface area contributed by atoms with Crippen molar-refractivity contribution in [2.75, 3.05) is 6.54 Å². The van der Waals surface area contributed by atoms with Gasteiger partial charge in [-0.25, -0.2) is 0 Å². The largest absolute Gasteiger partial charge is 0.352 e. The third-order valence-electron chi connectivity index (χ3n) is 4.30. The van der Waals surface area contributed by atoms with Gasteiger partial charge >= 0.3 is 0 Å². The normalized spacial score (nSPS) is 11.6. The molecule has 4 nitrogen and oxygen atoms in total. The minimum absolute atomic E-state index is 0.0616. The molecule has 0 saturated carbocycles. The Kier molecular flexibility index (Phi) is 7.20. The topological polar surface area (TPSA) is 49.4 Å². The number of benzene rings is 2. The Bertz CT molecular complexity index is 671.